The Kier molecular flexibility index (Phi) is 5.02. The van der Waals surface area contributed by atoms with Crippen LogP contribution in [0.25, 0.3) is 0 Å². The number of hydrogen-bond donors (Lipinski definition) is 2. The summed E-state index contributed by atoms with van der Waals surface area (Å²) in [4.78, 5) is 12.5. The van der Waals surface area contributed by atoms with E-state index in [-0.39, 0.29) is 11.6 Å². The van der Waals surface area contributed by atoms with Gasteiger partial charge in [-0.2, -0.15) is 0 Å². The average Bonchev–Trinajstić information content (AvgIpc) is 3.49. The summed E-state index contributed by atoms with van der Waals surface area (Å²) in [6, 6.07) is 25.7. The van der Waals surface area contributed by atoms with Crippen molar-refractivity contribution in [1.82, 2.24) is 5.32 Å². The smallest absolute Gasteiger partial charge is 0.319 e. The predicted octanol–water partition coefficient (Wildman–Crippen LogP) is 5.38. The third-order valence-electron chi connectivity index (χ3n) is 5.07. The summed E-state index contributed by atoms with van der Waals surface area (Å²) in [6.45, 7) is 2.59. The zero-order chi connectivity index (χ0) is 19.4. The SMILES string of the molecule is Cc1ccc(C2(NC(=O)Nc3ccc(OCc4ccccc4)cc3)CC2)cc1. The summed E-state index contributed by atoms with van der Waals surface area (Å²) in [5.74, 6) is 0.771. The maximum Gasteiger partial charge on any atom is 0.319 e. The number of carbonyl (C=O) groups excluding carboxylic acids is 1. The van der Waals surface area contributed by atoms with Crippen LogP contribution in [0.1, 0.15) is 29.5 Å². The molecule has 4 nitrogen and oxygen atoms in total. The lowest BCUT2D eigenvalue weighted by Crippen LogP contribution is -2.38. The molecule has 0 bridgehead atoms. The molecule has 3 aromatic rings. The molecule has 2 N–H and O–H groups in total. The van der Waals surface area contributed by atoms with E-state index >= 15 is 0 Å². The van der Waals surface area contributed by atoms with Gasteiger partial charge in [0.2, 0.25) is 0 Å². The molecule has 0 unspecified atom stereocenters. The van der Waals surface area contributed by atoms with Crippen LogP contribution in [0.15, 0.2) is 78.9 Å². The minimum absolute atomic E-state index is 0.184. The van der Waals surface area contributed by atoms with Gasteiger partial charge in [0, 0.05) is 5.69 Å². The Morgan fingerprint density at radius 3 is 2.25 bits per heavy atom. The minimum Gasteiger partial charge on any atom is -0.489 e. The second kappa shape index (κ2) is 7.77. The molecule has 0 aliphatic heterocycles. The number of nitrogens with one attached hydrogen (secondary N) is 2. The Labute approximate surface area is 165 Å². The third kappa shape index (κ3) is 4.34. The van der Waals surface area contributed by atoms with E-state index in [9.17, 15) is 4.79 Å². The molecular weight excluding hydrogens is 348 g/mol. The number of anilines is 1. The Bertz CT molecular complexity index is 931. The van der Waals surface area contributed by atoms with Gasteiger partial charge in [-0.3, -0.25) is 0 Å². The molecule has 0 atom stereocenters. The lowest BCUT2D eigenvalue weighted by atomic mass is 10.0. The highest BCUT2D eigenvalue weighted by atomic mass is 16.5. The van der Waals surface area contributed by atoms with Crippen LogP contribution in [0.4, 0.5) is 10.5 Å². The van der Waals surface area contributed by atoms with E-state index in [1.807, 2.05) is 54.6 Å². The van der Waals surface area contributed by atoms with Crippen LogP contribution in [0, 0.1) is 6.92 Å². The molecule has 3 aromatic carbocycles. The van der Waals surface area contributed by atoms with Crippen LogP contribution in [0.5, 0.6) is 5.75 Å². The predicted molar refractivity (Wildman–Crippen MR) is 111 cm³/mol. The van der Waals surface area contributed by atoms with Gasteiger partial charge in [0.1, 0.15) is 12.4 Å². The van der Waals surface area contributed by atoms with Crippen molar-refractivity contribution in [2.24, 2.45) is 0 Å². The van der Waals surface area contributed by atoms with Crippen LogP contribution in [-0.4, -0.2) is 6.03 Å². The topological polar surface area (TPSA) is 50.4 Å². The summed E-state index contributed by atoms with van der Waals surface area (Å²) in [6.07, 6.45) is 1.94. The standard InChI is InChI=1S/C24H24N2O2/c1-18-7-9-20(10-8-18)24(15-16-24)26-23(27)25-21-11-13-22(14-12-21)28-17-19-5-3-2-4-6-19/h2-14H,15-17H2,1H3,(H2,25,26,27). The van der Waals surface area contributed by atoms with E-state index in [0.717, 1.165) is 35.4 Å². The number of aryl methyl sites for hydroxylation is 1. The zero-order valence-corrected chi connectivity index (χ0v) is 15.9. The van der Waals surface area contributed by atoms with Gasteiger partial charge in [0.15, 0.2) is 0 Å². The molecule has 2 amide bonds. The Hall–Kier alpha value is -3.27. The van der Waals surface area contributed by atoms with Gasteiger partial charge in [0.25, 0.3) is 0 Å². The van der Waals surface area contributed by atoms with Crippen molar-refractivity contribution >= 4 is 11.7 Å². The fraction of sp³-hybridized carbons (Fsp3) is 0.208. The van der Waals surface area contributed by atoms with Crippen LogP contribution < -0.4 is 15.4 Å². The van der Waals surface area contributed by atoms with Gasteiger partial charge in [-0.25, -0.2) is 4.79 Å². The summed E-state index contributed by atoms with van der Waals surface area (Å²) in [5.41, 5.74) is 4.02. The molecule has 0 spiro atoms. The summed E-state index contributed by atoms with van der Waals surface area (Å²) < 4.78 is 5.78. The molecule has 0 radical (unpaired) electrons. The number of hydrogen-bond acceptors (Lipinski definition) is 2. The summed E-state index contributed by atoms with van der Waals surface area (Å²) >= 11 is 0. The minimum atomic E-state index is -0.226. The molecule has 0 heterocycles. The Balaban J connectivity index is 1.31. The van der Waals surface area contributed by atoms with E-state index in [4.69, 9.17) is 4.74 Å². The summed E-state index contributed by atoms with van der Waals surface area (Å²) in [5, 5.41) is 6.05. The second-order valence-electron chi connectivity index (χ2n) is 7.33. The number of carbonyl (C=O) groups is 1. The molecule has 4 heteroatoms. The van der Waals surface area contributed by atoms with Gasteiger partial charge in [0.05, 0.1) is 5.54 Å². The lowest BCUT2D eigenvalue weighted by molar-refractivity contribution is 0.247. The monoisotopic (exact) mass is 372 g/mol. The molecule has 1 saturated carbocycles. The first-order valence-electron chi connectivity index (χ1n) is 9.56. The Morgan fingerprint density at radius 2 is 1.61 bits per heavy atom. The Morgan fingerprint density at radius 1 is 0.929 bits per heavy atom. The maximum absolute atomic E-state index is 12.5. The summed E-state index contributed by atoms with van der Waals surface area (Å²) in [7, 11) is 0. The van der Waals surface area contributed by atoms with E-state index in [0.29, 0.717) is 6.61 Å². The molecule has 0 saturated heterocycles. The van der Waals surface area contributed by atoms with Crippen LogP contribution in [0.3, 0.4) is 0 Å². The van der Waals surface area contributed by atoms with Gasteiger partial charge in [-0.15, -0.1) is 0 Å². The quantitative estimate of drug-likeness (QED) is 0.610. The molecule has 1 aliphatic rings. The van der Waals surface area contributed by atoms with Crippen molar-refractivity contribution in [3.8, 4) is 5.75 Å². The van der Waals surface area contributed by atoms with Crippen LogP contribution in [-0.2, 0) is 12.1 Å². The highest BCUT2D eigenvalue weighted by molar-refractivity contribution is 5.90. The molecular formula is C24H24N2O2. The number of benzene rings is 3. The number of urea groups is 1. The van der Waals surface area contributed by atoms with Crippen molar-refractivity contribution in [3.05, 3.63) is 95.6 Å². The van der Waals surface area contributed by atoms with Gasteiger partial charge < -0.3 is 15.4 Å². The normalized spacial score (nSPS) is 14.2. The molecule has 1 aliphatic carbocycles. The van der Waals surface area contributed by atoms with E-state index in [2.05, 4.69) is 41.8 Å². The zero-order valence-electron chi connectivity index (χ0n) is 15.9. The molecule has 142 valence electrons. The van der Waals surface area contributed by atoms with Gasteiger partial charge in [-0.05, 0) is 55.2 Å². The first-order chi connectivity index (χ1) is 13.6. The fourth-order valence-electron chi connectivity index (χ4n) is 3.24. The van der Waals surface area contributed by atoms with Crippen molar-refractivity contribution in [3.63, 3.8) is 0 Å². The van der Waals surface area contributed by atoms with Crippen LogP contribution >= 0.6 is 0 Å². The highest BCUT2D eigenvalue weighted by Gasteiger charge is 2.45. The van der Waals surface area contributed by atoms with Gasteiger partial charge >= 0.3 is 6.03 Å². The van der Waals surface area contributed by atoms with E-state index in [1.165, 1.54) is 5.56 Å². The fourth-order valence-corrected chi connectivity index (χ4v) is 3.24. The first-order valence-corrected chi connectivity index (χ1v) is 9.56. The largest absolute Gasteiger partial charge is 0.489 e. The average molecular weight is 372 g/mol. The lowest BCUT2D eigenvalue weighted by Gasteiger charge is -2.19. The first kappa shape index (κ1) is 18.1. The second-order valence-corrected chi connectivity index (χ2v) is 7.33. The highest BCUT2D eigenvalue weighted by Crippen LogP contribution is 2.45. The number of amides is 2. The van der Waals surface area contributed by atoms with Crippen molar-refractivity contribution in [2.45, 2.75) is 31.9 Å². The van der Waals surface area contributed by atoms with Crippen molar-refractivity contribution < 1.29 is 9.53 Å². The van der Waals surface area contributed by atoms with Gasteiger partial charge in [-0.1, -0.05) is 60.2 Å². The third-order valence-corrected chi connectivity index (χ3v) is 5.07. The molecule has 1 fully saturated rings. The molecule has 28 heavy (non-hydrogen) atoms. The molecule has 0 aromatic heterocycles. The van der Waals surface area contributed by atoms with E-state index in [1.54, 1.807) is 0 Å². The van der Waals surface area contributed by atoms with Crippen molar-refractivity contribution in [2.75, 3.05) is 5.32 Å². The number of rotatable bonds is 6. The number of ether oxygens (including phenoxy) is 1. The van der Waals surface area contributed by atoms with Crippen LogP contribution in [0.2, 0.25) is 0 Å². The van der Waals surface area contributed by atoms with E-state index < -0.39 is 0 Å². The molecule has 4 rings (SSSR count). The maximum atomic E-state index is 12.5. The van der Waals surface area contributed by atoms with Crippen molar-refractivity contribution in [1.29, 1.82) is 0 Å².